The molecule has 0 fully saturated rings. The fourth-order valence-electron chi connectivity index (χ4n) is 3.81. The first kappa shape index (κ1) is 25.1. The summed E-state index contributed by atoms with van der Waals surface area (Å²) in [4.78, 5) is 43.7. The number of halogens is 1. The molecule has 2 aromatic heterocycles. The summed E-state index contributed by atoms with van der Waals surface area (Å²) in [5, 5.41) is 5.34. The zero-order valence-corrected chi connectivity index (χ0v) is 21.2. The van der Waals surface area contributed by atoms with Crippen LogP contribution in [0.1, 0.15) is 40.3 Å². The Kier molecular flexibility index (Phi) is 6.64. The van der Waals surface area contributed by atoms with Crippen molar-refractivity contribution in [2.75, 3.05) is 14.2 Å². The minimum Gasteiger partial charge on any atom is -0.467 e. The van der Waals surface area contributed by atoms with E-state index in [0.717, 1.165) is 16.0 Å². The van der Waals surface area contributed by atoms with Gasteiger partial charge in [0, 0.05) is 24.4 Å². The monoisotopic (exact) mass is 508 g/mol. The van der Waals surface area contributed by atoms with Crippen LogP contribution in [0, 0.1) is 12.7 Å². The lowest BCUT2D eigenvalue weighted by Crippen LogP contribution is -2.50. The lowest BCUT2D eigenvalue weighted by atomic mass is 10.0. The first-order valence-corrected chi connectivity index (χ1v) is 11.9. The van der Waals surface area contributed by atoms with E-state index >= 15 is 0 Å². The molecule has 2 heterocycles. The standard InChI is InChI=1S/C26H25FN4O4S/c1-14-6-7-16(22(32)30-26(2,3)24(34)35-5)12-18(14)19-13-31-21(23(33)28-4)20(29-25(31)36-19)15-8-10-17(27)11-9-15/h6-13H,1-5H3,(H,28,33)(H,30,32). The van der Waals surface area contributed by atoms with Crippen molar-refractivity contribution in [1.82, 2.24) is 20.0 Å². The Morgan fingerprint density at radius 1 is 1.08 bits per heavy atom. The molecule has 2 aromatic carbocycles. The Bertz CT molecular complexity index is 1490. The van der Waals surface area contributed by atoms with Gasteiger partial charge in [0.25, 0.3) is 11.8 Å². The zero-order valence-electron chi connectivity index (χ0n) is 20.4. The number of imidazole rings is 1. The second-order valence-corrected chi connectivity index (χ2v) is 9.75. The highest BCUT2D eigenvalue weighted by molar-refractivity contribution is 7.20. The number of nitrogens with zero attached hydrogens (tertiary/aromatic N) is 2. The predicted molar refractivity (Wildman–Crippen MR) is 136 cm³/mol. The molecule has 0 saturated heterocycles. The molecule has 2 amide bonds. The molecule has 0 aliphatic carbocycles. The van der Waals surface area contributed by atoms with Gasteiger partial charge in [-0.2, -0.15) is 0 Å². The number of fused-ring (bicyclic) bond motifs is 1. The van der Waals surface area contributed by atoms with E-state index in [2.05, 4.69) is 15.6 Å². The Labute approximate surface area is 211 Å². The number of nitrogens with one attached hydrogen (secondary N) is 2. The third-order valence-corrected chi connectivity index (χ3v) is 6.79. The summed E-state index contributed by atoms with van der Waals surface area (Å²) in [5.74, 6) is -1.68. The van der Waals surface area contributed by atoms with Crippen LogP contribution >= 0.6 is 11.3 Å². The summed E-state index contributed by atoms with van der Waals surface area (Å²) in [5.41, 5.74) is 2.28. The van der Waals surface area contributed by atoms with Gasteiger partial charge in [0.05, 0.1) is 12.0 Å². The summed E-state index contributed by atoms with van der Waals surface area (Å²) in [7, 11) is 2.80. The van der Waals surface area contributed by atoms with E-state index < -0.39 is 17.4 Å². The van der Waals surface area contributed by atoms with Gasteiger partial charge in [0.1, 0.15) is 22.7 Å². The second-order valence-electron chi connectivity index (χ2n) is 8.74. The van der Waals surface area contributed by atoms with Crippen molar-refractivity contribution in [2.45, 2.75) is 26.3 Å². The van der Waals surface area contributed by atoms with Crippen molar-refractivity contribution in [3.63, 3.8) is 0 Å². The lowest BCUT2D eigenvalue weighted by Gasteiger charge is -2.23. The minimum absolute atomic E-state index is 0.327. The number of ether oxygens (including phenoxy) is 1. The molecule has 0 radical (unpaired) electrons. The van der Waals surface area contributed by atoms with Gasteiger partial charge in [-0.15, -0.1) is 0 Å². The number of amides is 2. The molecular formula is C26H25FN4O4S. The van der Waals surface area contributed by atoms with Crippen LogP contribution in [0.15, 0.2) is 48.7 Å². The molecule has 186 valence electrons. The van der Waals surface area contributed by atoms with Crippen LogP contribution in [0.25, 0.3) is 26.7 Å². The second kappa shape index (κ2) is 9.54. The molecule has 0 bridgehead atoms. The number of carbonyl (C=O) groups excluding carboxylic acids is 3. The van der Waals surface area contributed by atoms with Crippen molar-refractivity contribution in [3.8, 4) is 21.7 Å². The molecule has 0 aliphatic rings. The summed E-state index contributed by atoms with van der Waals surface area (Å²) in [6.07, 6.45) is 1.80. The maximum absolute atomic E-state index is 13.4. The van der Waals surface area contributed by atoms with E-state index in [-0.39, 0.29) is 11.7 Å². The lowest BCUT2D eigenvalue weighted by molar-refractivity contribution is -0.146. The van der Waals surface area contributed by atoms with Gasteiger partial charge in [-0.3, -0.25) is 14.0 Å². The normalized spacial score (nSPS) is 11.4. The Hall–Kier alpha value is -4.05. The van der Waals surface area contributed by atoms with Crippen molar-refractivity contribution in [3.05, 3.63) is 71.3 Å². The maximum Gasteiger partial charge on any atom is 0.330 e. The van der Waals surface area contributed by atoms with Crippen LogP contribution in [-0.4, -0.2) is 46.9 Å². The third kappa shape index (κ3) is 4.59. The first-order valence-electron chi connectivity index (χ1n) is 11.1. The number of carbonyl (C=O) groups is 3. The summed E-state index contributed by atoms with van der Waals surface area (Å²) < 4.78 is 19.9. The van der Waals surface area contributed by atoms with Crippen LogP contribution in [-0.2, 0) is 9.53 Å². The van der Waals surface area contributed by atoms with Crippen molar-refractivity contribution in [2.24, 2.45) is 0 Å². The third-order valence-electron chi connectivity index (χ3n) is 5.77. The summed E-state index contributed by atoms with van der Waals surface area (Å²) in [6.45, 7) is 5.06. The Morgan fingerprint density at radius 2 is 1.78 bits per heavy atom. The SMILES string of the molecule is CNC(=O)c1c(-c2ccc(F)cc2)nc2sc(-c3cc(C(=O)NC(C)(C)C(=O)OC)ccc3C)cn12. The van der Waals surface area contributed by atoms with Crippen LogP contribution in [0.5, 0.6) is 0 Å². The smallest absolute Gasteiger partial charge is 0.330 e. The van der Waals surface area contributed by atoms with E-state index in [4.69, 9.17) is 4.74 Å². The molecule has 0 spiro atoms. The molecule has 0 saturated carbocycles. The number of hydrogen-bond acceptors (Lipinski definition) is 6. The molecule has 0 aliphatic heterocycles. The highest BCUT2D eigenvalue weighted by Crippen LogP contribution is 2.35. The van der Waals surface area contributed by atoms with E-state index in [1.54, 1.807) is 48.7 Å². The van der Waals surface area contributed by atoms with Gasteiger partial charge in [0.2, 0.25) is 0 Å². The first-order chi connectivity index (χ1) is 17.1. The van der Waals surface area contributed by atoms with E-state index in [1.807, 2.05) is 13.0 Å². The largest absolute Gasteiger partial charge is 0.467 e. The van der Waals surface area contributed by atoms with E-state index in [0.29, 0.717) is 27.5 Å². The van der Waals surface area contributed by atoms with Crippen LogP contribution < -0.4 is 10.6 Å². The molecular weight excluding hydrogens is 483 g/mol. The number of esters is 1. The van der Waals surface area contributed by atoms with E-state index in [1.165, 1.54) is 37.6 Å². The molecule has 4 rings (SSSR count). The van der Waals surface area contributed by atoms with Crippen molar-refractivity contribution >= 4 is 34.1 Å². The van der Waals surface area contributed by atoms with Gasteiger partial charge in [0.15, 0.2) is 4.96 Å². The molecule has 10 heteroatoms. The topological polar surface area (TPSA) is 102 Å². The number of rotatable bonds is 6. The van der Waals surface area contributed by atoms with Crippen LogP contribution in [0.2, 0.25) is 0 Å². The Morgan fingerprint density at radius 3 is 2.42 bits per heavy atom. The Balaban J connectivity index is 1.76. The van der Waals surface area contributed by atoms with Gasteiger partial charge < -0.3 is 15.4 Å². The highest BCUT2D eigenvalue weighted by atomic mass is 32.1. The molecule has 4 aromatic rings. The number of aromatic nitrogens is 2. The molecule has 2 N–H and O–H groups in total. The predicted octanol–water partition coefficient (Wildman–Crippen LogP) is 4.22. The van der Waals surface area contributed by atoms with Gasteiger partial charge in [-0.1, -0.05) is 17.4 Å². The van der Waals surface area contributed by atoms with Crippen molar-refractivity contribution in [1.29, 1.82) is 0 Å². The number of thiazole rings is 1. The molecule has 36 heavy (non-hydrogen) atoms. The number of aryl methyl sites for hydroxylation is 1. The van der Waals surface area contributed by atoms with Gasteiger partial charge in [-0.05, 0) is 68.3 Å². The average molecular weight is 509 g/mol. The van der Waals surface area contributed by atoms with Gasteiger partial charge in [-0.25, -0.2) is 14.2 Å². The van der Waals surface area contributed by atoms with Crippen LogP contribution in [0.4, 0.5) is 4.39 Å². The maximum atomic E-state index is 13.4. The summed E-state index contributed by atoms with van der Waals surface area (Å²) >= 11 is 1.36. The average Bonchev–Trinajstić information content (AvgIpc) is 3.41. The molecule has 8 nitrogen and oxygen atoms in total. The fourth-order valence-corrected chi connectivity index (χ4v) is 4.87. The number of hydrogen-bond donors (Lipinski definition) is 2. The van der Waals surface area contributed by atoms with Gasteiger partial charge >= 0.3 is 5.97 Å². The molecule has 0 unspecified atom stereocenters. The van der Waals surface area contributed by atoms with Crippen molar-refractivity contribution < 1.29 is 23.5 Å². The van der Waals surface area contributed by atoms with E-state index in [9.17, 15) is 18.8 Å². The highest BCUT2D eigenvalue weighted by Gasteiger charge is 2.31. The number of benzene rings is 2. The zero-order chi connectivity index (χ0) is 26.2. The number of methoxy groups -OCH3 is 1. The van der Waals surface area contributed by atoms with Crippen LogP contribution in [0.3, 0.4) is 0 Å². The fraction of sp³-hybridized carbons (Fsp3) is 0.231. The molecule has 0 atom stereocenters. The summed E-state index contributed by atoms with van der Waals surface area (Å²) in [6, 6.07) is 11.1. The quantitative estimate of drug-likeness (QED) is 0.380. The minimum atomic E-state index is -1.19.